The molecule has 0 spiro atoms. The van der Waals surface area contributed by atoms with Gasteiger partial charge in [-0.05, 0) is 56.6 Å². The molecule has 2 aliphatic heterocycles. The lowest BCUT2D eigenvalue weighted by atomic mass is 10.0. The van der Waals surface area contributed by atoms with Crippen LogP contribution in [-0.4, -0.2) is 47.6 Å². The van der Waals surface area contributed by atoms with Crippen LogP contribution in [-0.2, 0) is 4.79 Å². The van der Waals surface area contributed by atoms with Crippen LogP contribution < -0.4 is 4.90 Å². The van der Waals surface area contributed by atoms with E-state index in [9.17, 15) is 14.7 Å². The van der Waals surface area contributed by atoms with E-state index in [1.807, 2.05) is 18.7 Å². The fourth-order valence-corrected chi connectivity index (χ4v) is 3.87. The summed E-state index contributed by atoms with van der Waals surface area (Å²) in [7, 11) is 0. The van der Waals surface area contributed by atoms with Crippen molar-refractivity contribution in [3.63, 3.8) is 0 Å². The van der Waals surface area contributed by atoms with Crippen LogP contribution in [0.4, 0.5) is 5.69 Å². The number of fused-ring (bicyclic) bond motifs is 1. The highest BCUT2D eigenvalue weighted by atomic mass is 16.4. The number of amides is 1. The molecule has 2 atom stereocenters. The third kappa shape index (κ3) is 3.18. The highest BCUT2D eigenvalue weighted by molar-refractivity contribution is 6.00. The van der Waals surface area contributed by atoms with E-state index in [-0.39, 0.29) is 23.4 Å². The molecule has 24 heavy (non-hydrogen) atoms. The molecule has 0 aromatic heterocycles. The number of benzene rings is 1. The summed E-state index contributed by atoms with van der Waals surface area (Å²) in [5.74, 6) is -0.627. The van der Waals surface area contributed by atoms with Crippen LogP contribution in [0.3, 0.4) is 0 Å². The van der Waals surface area contributed by atoms with E-state index in [4.69, 9.17) is 0 Å². The molecule has 2 heterocycles. The van der Waals surface area contributed by atoms with Gasteiger partial charge in [-0.2, -0.15) is 0 Å². The molecule has 0 saturated carbocycles. The van der Waals surface area contributed by atoms with Crippen LogP contribution >= 0.6 is 0 Å². The summed E-state index contributed by atoms with van der Waals surface area (Å²) >= 11 is 0. The molecule has 5 heteroatoms. The summed E-state index contributed by atoms with van der Waals surface area (Å²) < 4.78 is 0. The first-order chi connectivity index (χ1) is 11.5. The maximum absolute atomic E-state index is 13.1. The number of carboxylic acid groups (broad SMARTS) is 1. The van der Waals surface area contributed by atoms with Gasteiger partial charge < -0.3 is 10.0 Å². The van der Waals surface area contributed by atoms with Crippen molar-refractivity contribution in [1.29, 1.82) is 0 Å². The zero-order valence-electron chi connectivity index (χ0n) is 14.5. The zero-order chi connectivity index (χ0) is 17.3. The number of anilines is 1. The van der Waals surface area contributed by atoms with E-state index < -0.39 is 5.97 Å². The number of hydrogen-bond acceptors (Lipinski definition) is 3. The first-order valence-corrected chi connectivity index (χ1v) is 8.91. The molecule has 5 nitrogen and oxygen atoms in total. The van der Waals surface area contributed by atoms with Crippen molar-refractivity contribution < 1.29 is 14.7 Å². The first-order valence-electron chi connectivity index (χ1n) is 8.91. The fourth-order valence-electron chi connectivity index (χ4n) is 3.87. The van der Waals surface area contributed by atoms with Crippen molar-refractivity contribution in [2.24, 2.45) is 0 Å². The maximum Gasteiger partial charge on any atom is 0.335 e. The minimum Gasteiger partial charge on any atom is -0.478 e. The average Bonchev–Trinajstić information content (AvgIpc) is 2.76. The molecular formula is C19H26N2O3. The Morgan fingerprint density at radius 2 is 1.83 bits per heavy atom. The lowest BCUT2D eigenvalue weighted by Gasteiger charge is -2.30. The summed E-state index contributed by atoms with van der Waals surface area (Å²) in [6.07, 6.45) is 4.82. The molecule has 1 fully saturated rings. The third-order valence-electron chi connectivity index (χ3n) is 5.36. The van der Waals surface area contributed by atoms with Gasteiger partial charge in [-0.3, -0.25) is 9.69 Å². The van der Waals surface area contributed by atoms with Gasteiger partial charge in [0, 0.05) is 18.2 Å². The minimum absolute atomic E-state index is 0.125. The molecule has 1 aromatic carbocycles. The number of carbonyl (C=O) groups excluding carboxylic acids is 1. The molecular weight excluding hydrogens is 304 g/mol. The Morgan fingerprint density at radius 1 is 1.17 bits per heavy atom. The molecule has 0 bridgehead atoms. The molecule has 0 radical (unpaired) electrons. The minimum atomic E-state index is -0.923. The zero-order valence-corrected chi connectivity index (χ0v) is 14.5. The Hall–Kier alpha value is -1.88. The van der Waals surface area contributed by atoms with Gasteiger partial charge in [-0.1, -0.05) is 19.8 Å². The van der Waals surface area contributed by atoms with Gasteiger partial charge in [0.05, 0.1) is 11.6 Å². The van der Waals surface area contributed by atoms with E-state index >= 15 is 0 Å². The van der Waals surface area contributed by atoms with Crippen molar-refractivity contribution in [1.82, 2.24) is 4.90 Å². The highest BCUT2D eigenvalue weighted by Gasteiger charge is 2.34. The molecule has 1 amide bonds. The van der Waals surface area contributed by atoms with Gasteiger partial charge >= 0.3 is 5.97 Å². The quantitative estimate of drug-likeness (QED) is 0.925. The van der Waals surface area contributed by atoms with E-state index in [2.05, 4.69) is 4.90 Å². The van der Waals surface area contributed by atoms with E-state index in [0.717, 1.165) is 37.2 Å². The molecule has 3 rings (SSSR count). The van der Waals surface area contributed by atoms with Gasteiger partial charge in [0.1, 0.15) is 0 Å². The van der Waals surface area contributed by atoms with Crippen LogP contribution in [0.25, 0.3) is 0 Å². The Labute approximate surface area is 143 Å². The van der Waals surface area contributed by atoms with Gasteiger partial charge in [-0.15, -0.1) is 0 Å². The van der Waals surface area contributed by atoms with Gasteiger partial charge in [-0.25, -0.2) is 4.79 Å². The van der Waals surface area contributed by atoms with E-state index in [1.54, 1.807) is 18.2 Å². The number of aromatic carboxylic acids is 1. The second-order valence-electron chi connectivity index (χ2n) is 7.05. The Balaban J connectivity index is 1.81. The molecule has 0 aliphatic carbocycles. The number of carboxylic acids is 1. The van der Waals surface area contributed by atoms with Crippen molar-refractivity contribution in [3.8, 4) is 0 Å². The summed E-state index contributed by atoms with van der Waals surface area (Å²) in [6, 6.07) is 4.97. The largest absolute Gasteiger partial charge is 0.478 e. The topological polar surface area (TPSA) is 60.9 Å². The van der Waals surface area contributed by atoms with Crippen LogP contribution in [0, 0.1) is 0 Å². The summed E-state index contributed by atoms with van der Waals surface area (Å²) in [4.78, 5) is 28.4. The third-order valence-corrected chi connectivity index (χ3v) is 5.36. The molecule has 1 saturated heterocycles. The summed E-state index contributed by atoms with van der Waals surface area (Å²) in [5.41, 5.74) is 2.13. The fraction of sp³-hybridized carbons (Fsp3) is 0.579. The molecule has 130 valence electrons. The second-order valence-corrected chi connectivity index (χ2v) is 7.05. The first kappa shape index (κ1) is 17.0. The Bertz CT molecular complexity index is 635. The normalized spacial score (nSPS) is 22.8. The van der Waals surface area contributed by atoms with Crippen molar-refractivity contribution in [2.45, 2.75) is 51.5 Å². The van der Waals surface area contributed by atoms with Crippen LogP contribution in [0.5, 0.6) is 0 Å². The number of rotatable bonds is 3. The Morgan fingerprint density at radius 3 is 2.46 bits per heavy atom. The number of hydrogen-bond donors (Lipinski definition) is 1. The molecule has 2 unspecified atom stereocenters. The van der Waals surface area contributed by atoms with Gasteiger partial charge in [0.15, 0.2) is 0 Å². The Kier molecular flexibility index (Phi) is 4.90. The van der Waals surface area contributed by atoms with Gasteiger partial charge in [0.2, 0.25) is 5.91 Å². The van der Waals surface area contributed by atoms with Gasteiger partial charge in [0.25, 0.3) is 0 Å². The number of likely N-dealkylation sites (tertiary alicyclic amines) is 1. The highest BCUT2D eigenvalue weighted by Crippen LogP contribution is 2.37. The standard InChI is InChI=1S/C19H26N2O3/c1-13-12-21(17-8-7-15(19(23)24)11-16(13)17)18(22)14(2)20-9-5-3-4-6-10-20/h7-8,11,13-14H,3-6,9-10,12H2,1-2H3,(H,23,24). The lowest BCUT2D eigenvalue weighted by molar-refractivity contribution is -0.123. The average molecular weight is 330 g/mol. The smallest absolute Gasteiger partial charge is 0.335 e. The number of nitrogens with zero attached hydrogens (tertiary/aromatic N) is 2. The van der Waals surface area contributed by atoms with E-state index in [0.29, 0.717) is 6.54 Å². The summed E-state index contributed by atoms with van der Waals surface area (Å²) in [6.45, 7) is 6.66. The maximum atomic E-state index is 13.1. The molecule has 2 aliphatic rings. The molecule has 1 aromatic rings. The second kappa shape index (κ2) is 6.93. The van der Waals surface area contributed by atoms with Crippen molar-refractivity contribution in [2.75, 3.05) is 24.5 Å². The SMILES string of the molecule is CC1CN(C(=O)C(C)N2CCCCCC2)c2ccc(C(=O)O)cc21. The van der Waals surface area contributed by atoms with Crippen molar-refractivity contribution in [3.05, 3.63) is 29.3 Å². The summed E-state index contributed by atoms with van der Waals surface area (Å²) in [5, 5.41) is 9.18. The lowest BCUT2D eigenvalue weighted by Crippen LogP contribution is -2.47. The van der Waals surface area contributed by atoms with E-state index in [1.165, 1.54) is 12.8 Å². The van der Waals surface area contributed by atoms with Crippen molar-refractivity contribution >= 4 is 17.6 Å². The predicted octanol–water partition coefficient (Wildman–Crippen LogP) is 3.10. The van der Waals surface area contributed by atoms with Crippen LogP contribution in [0.15, 0.2) is 18.2 Å². The molecule has 1 N–H and O–H groups in total. The van der Waals surface area contributed by atoms with Crippen LogP contribution in [0.2, 0.25) is 0 Å². The predicted molar refractivity (Wildman–Crippen MR) is 93.7 cm³/mol. The monoisotopic (exact) mass is 330 g/mol. The number of carbonyl (C=O) groups is 2. The van der Waals surface area contributed by atoms with Crippen LogP contribution in [0.1, 0.15) is 61.4 Å².